The summed E-state index contributed by atoms with van der Waals surface area (Å²) in [7, 11) is 0. The fourth-order valence-corrected chi connectivity index (χ4v) is 2.80. The number of nitrogens with one attached hydrogen (secondary N) is 3. The topological polar surface area (TPSA) is 280 Å². The van der Waals surface area contributed by atoms with Crippen LogP contribution in [-0.2, 0) is 33.6 Å². The van der Waals surface area contributed by atoms with Gasteiger partial charge in [-0.05, 0) is 19.3 Å². The molecule has 192 valence electrons. The Balaban J connectivity index is 5.29. The van der Waals surface area contributed by atoms with Gasteiger partial charge in [0.1, 0.15) is 18.1 Å². The molecule has 0 fully saturated rings. The molecule has 0 saturated carbocycles. The highest BCUT2D eigenvalue weighted by Crippen LogP contribution is 2.04. The molecule has 12 N–H and O–H groups in total. The van der Waals surface area contributed by atoms with Crippen LogP contribution >= 0.6 is 12.6 Å². The number of amides is 6. The molecule has 0 aliphatic heterocycles. The average Bonchev–Trinajstić information content (AvgIpc) is 2.74. The molecule has 4 unspecified atom stereocenters. The molecule has 0 saturated heterocycles. The van der Waals surface area contributed by atoms with Crippen LogP contribution in [0.4, 0.5) is 0 Å². The molecular weight excluding hydrogens is 474 g/mol. The standard InChI is InChI=1S/C18H31N7O8S/c19-8(1-4-12(20)26)15(29)23-9(2-5-13(21)27)16(30)25-11(7-34)17(31)24-10(18(32)33)3-6-14(22)28/h8-11,34H,1-7,19H2,(H2,20,26)(H2,21,27)(H2,22,28)(H,23,29)(H,24,31)(H,25,30)(H,32,33). The Morgan fingerprint density at radius 3 is 1.47 bits per heavy atom. The van der Waals surface area contributed by atoms with Gasteiger partial charge in [0.2, 0.25) is 35.4 Å². The van der Waals surface area contributed by atoms with Crippen molar-refractivity contribution in [2.45, 2.75) is 62.7 Å². The van der Waals surface area contributed by atoms with Gasteiger partial charge in [-0.15, -0.1) is 0 Å². The number of hydrogen-bond donors (Lipinski definition) is 9. The summed E-state index contributed by atoms with van der Waals surface area (Å²) in [5.74, 6) is -6.49. The molecule has 15 nitrogen and oxygen atoms in total. The van der Waals surface area contributed by atoms with E-state index in [-0.39, 0.29) is 44.3 Å². The van der Waals surface area contributed by atoms with Crippen molar-refractivity contribution in [2.75, 3.05) is 5.75 Å². The van der Waals surface area contributed by atoms with Crippen LogP contribution in [0, 0.1) is 0 Å². The first-order chi connectivity index (χ1) is 15.8. The molecular formula is C18H31N7O8S. The summed E-state index contributed by atoms with van der Waals surface area (Å²) < 4.78 is 0. The maximum atomic E-state index is 12.7. The second-order valence-electron chi connectivity index (χ2n) is 7.33. The van der Waals surface area contributed by atoms with Crippen molar-refractivity contribution in [1.29, 1.82) is 0 Å². The van der Waals surface area contributed by atoms with Crippen molar-refractivity contribution in [2.24, 2.45) is 22.9 Å². The maximum Gasteiger partial charge on any atom is 0.326 e. The van der Waals surface area contributed by atoms with Crippen molar-refractivity contribution in [1.82, 2.24) is 16.0 Å². The summed E-state index contributed by atoms with van der Waals surface area (Å²) in [6, 6.07) is -5.29. The normalized spacial score (nSPS) is 14.1. The smallest absolute Gasteiger partial charge is 0.326 e. The summed E-state index contributed by atoms with van der Waals surface area (Å²) >= 11 is 3.97. The fraction of sp³-hybridized carbons (Fsp3) is 0.611. The van der Waals surface area contributed by atoms with E-state index in [0.29, 0.717) is 0 Å². The molecule has 0 aromatic rings. The number of carboxylic acids is 1. The molecule has 0 aromatic heterocycles. The highest BCUT2D eigenvalue weighted by Gasteiger charge is 2.30. The largest absolute Gasteiger partial charge is 0.480 e. The van der Waals surface area contributed by atoms with Gasteiger partial charge < -0.3 is 44.0 Å². The molecule has 16 heteroatoms. The second-order valence-corrected chi connectivity index (χ2v) is 7.69. The predicted molar refractivity (Wildman–Crippen MR) is 121 cm³/mol. The zero-order valence-electron chi connectivity index (χ0n) is 18.3. The van der Waals surface area contributed by atoms with Gasteiger partial charge in [0, 0.05) is 25.0 Å². The van der Waals surface area contributed by atoms with Crippen LogP contribution in [0.3, 0.4) is 0 Å². The van der Waals surface area contributed by atoms with Gasteiger partial charge in [-0.2, -0.15) is 12.6 Å². The SMILES string of the molecule is NC(=O)CCC(N)C(=O)NC(CCC(N)=O)C(=O)NC(CS)C(=O)NC(CCC(N)=O)C(=O)O. The first kappa shape index (κ1) is 30.6. The Morgan fingerprint density at radius 2 is 1.03 bits per heavy atom. The minimum atomic E-state index is -1.45. The molecule has 34 heavy (non-hydrogen) atoms. The molecule has 0 bridgehead atoms. The molecule has 0 spiro atoms. The minimum absolute atomic E-state index is 0.0884. The third-order valence-corrected chi connectivity index (χ3v) is 4.83. The Labute approximate surface area is 200 Å². The number of aliphatic carboxylic acids is 1. The predicted octanol–water partition coefficient (Wildman–Crippen LogP) is -4.42. The molecule has 0 radical (unpaired) electrons. The summed E-state index contributed by atoms with van der Waals surface area (Å²) in [5, 5.41) is 16.0. The van der Waals surface area contributed by atoms with Crippen molar-refractivity contribution < 1.29 is 38.7 Å². The van der Waals surface area contributed by atoms with Gasteiger partial charge in [0.25, 0.3) is 0 Å². The average molecular weight is 506 g/mol. The van der Waals surface area contributed by atoms with Crippen molar-refractivity contribution >= 4 is 54.0 Å². The number of carbonyl (C=O) groups is 7. The van der Waals surface area contributed by atoms with E-state index in [0.717, 1.165) is 0 Å². The van der Waals surface area contributed by atoms with E-state index < -0.39 is 65.6 Å². The Morgan fingerprint density at radius 1 is 0.647 bits per heavy atom. The molecule has 0 rings (SSSR count). The Bertz CT molecular complexity index is 794. The van der Waals surface area contributed by atoms with E-state index in [1.54, 1.807) is 0 Å². The van der Waals surface area contributed by atoms with Crippen LogP contribution in [0.5, 0.6) is 0 Å². The summed E-state index contributed by atoms with van der Waals surface area (Å²) in [5.41, 5.74) is 20.8. The van der Waals surface area contributed by atoms with Gasteiger partial charge in [-0.3, -0.25) is 28.8 Å². The third kappa shape index (κ3) is 12.6. The monoisotopic (exact) mass is 505 g/mol. The second kappa shape index (κ2) is 15.4. The van der Waals surface area contributed by atoms with Gasteiger partial charge >= 0.3 is 5.97 Å². The van der Waals surface area contributed by atoms with E-state index in [9.17, 15) is 38.7 Å². The maximum absolute atomic E-state index is 12.7. The number of thiol groups is 1. The van der Waals surface area contributed by atoms with Crippen LogP contribution < -0.4 is 38.9 Å². The first-order valence-corrected chi connectivity index (χ1v) is 10.8. The molecule has 6 amide bonds. The van der Waals surface area contributed by atoms with Crippen molar-refractivity contribution in [3.63, 3.8) is 0 Å². The van der Waals surface area contributed by atoms with E-state index >= 15 is 0 Å². The number of carbonyl (C=O) groups excluding carboxylic acids is 6. The van der Waals surface area contributed by atoms with Crippen LogP contribution in [0.15, 0.2) is 0 Å². The summed E-state index contributed by atoms with van der Waals surface area (Å²) in [4.78, 5) is 81.6. The lowest BCUT2D eigenvalue weighted by molar-refractivity contribution is -0.142. The first-order valence-electron chi connectivity index (χ1n) is 10.1. The van der Waals surface area contributed by atoms with Crippen LogP contribution in [0.1, 0.15) is 38.5 Å². The number of carboxylic acid groups (broad SMARTS) is 1. The molecule has 0 aromatic carbocycles. The zero-order valence-corrected chi connectivity index (χ0v) is 19.2. The van der Waals surface area contributed by atoms with E-state index in [1.165, 1.54) is 0 Å². The van der Waals surface area contributed by atoms with Gasteiger partial charge in [0.15, 0.2) is 0 Å². The van der Waals surface area contributed by atoms with Crippen LogP contribution in [0.2, 0.25) is 0 Å². The molecule has 0 aliphatic rings. The van der Waals surface area contributed by atoms with Crippen molar-refractivity contribution in [3.8, 4) is 0 Å². The minimum Gasteiger partial charge on any atom is -0.480 e. The lowest BCUT2D eigenvalue weighted by Crippen LogP contribution is -2.57. The van der Waals surface area contributed by atoms with E-state index in [1.807, 2.05) is 0 Å². The highest BCUT2D eigenvalue weighted by atomic mass is 32.1. The van der Waals surface area contributed by atoms with Gasteiger partial charge in [0.05, 0.1) is 6.04 Å². The fourth-order valence-electron chi connectivity index (χ4n) is 2.55. The number of rotatable bonds is 17. The summed E-state index contributed by atoms with van der Waals surface area (Å²) in [6.07, 6.45) is -1.35. The van der Waals surface area contributed by atoms with E-state index in [4.69, 9.17) is 22.9 Å². The van der Waals surface area contributed by atoms with Gasteiger partial charge in [-0.1, -0.05) is 0 Å². The quantitative estimate of drug-likeness (QED) is 0.0861. The lowest BCUT2D eigenvalue weighted by Gasteiger charge is -2.24. The number of nitrogens with two attached hydrogens (primary N) is 4. The van der Waals surface area contributed by atoms with Crippen molar-refractivity contribution in [3.05, 3.63) is 0 Å². The Hall–Kier alpha value is -3.40. The molecule has 4 atom stereocenters. The Kier molecular flexibility index (Phi) is 13.9. The third-order valence-electron chi connectivity index (χ3n) is 4.46. The number of primary amides is 3. The van der Waals surface area contributed by atoms with Crippen LogP contribution in [-0.4, -0.2) is 76.4 Å². The lowest BCUT2D eigenvalue weighted by atomic mass is 10.1. The molecule has 0 heterocycles. The number of hydrogen-bond acceptors (Lipinski definition) is 9. The van der Waals surface area contributed by atoms with Gasteiger partial charge in [-0.25, -0.2) is 4.79 Å². The van der Waals surface area contributed by atoms with E-state index in [2.05, 4.69) is 28.6 Å². The zero-order chi connectivity index (χ0) is 26.4. The summed E-state index contributed by atoms with van der Waals surface area (Å²) in [6.45, 7) is 0. The highest BCUT2D eigenvalue weighted by molar-refractivity contribution is 7.80. The molecule has 0 aliphatic carbocycles. The van der Waals surface area contributed by atoms with Crippen LogP contribution in [0.25, 0.3) is 0 Å².